The van der Waals surface area contributed by atoms with Crippen molar-refractivity contribution in [3.8, 4) is 22.8 Å². The molecule has 1 aromatic heterocycles. The molecule has 0 unspecified atom stereocenters. The summed E-state index contributed by atoms with van der Waals surface area (Å²) >= 11 is 6.90. The van der Waals surface area contributed by atoms with E-state index in [9.17, 15) is 4.79 Å². The van der Waals surface area contributed by atoms with Crippen molar-refractivity contribution in [3.63, 3.8) is 0 Å². The Labute approximate surface area is 207 Å². The highest BCUT2D eigenvalue weighted by atomic mass is 79.9. The molecular formula is C25H19Br2N3O3. The second-order valence-corrected chi connectivity index (χ2v) is 8.79. The van der Waals surface area contributed by atoms with Crippen molar-refractivity contribution < 1.29 is 14.3 Å². The average Bonchev–Trinajstić information content (AvgIpc) is 2.83. The van der Waals surface area contributed by atoms with Gasteiger partial charge < -0.3 is 9.47 Å². The number of hydrazone groups is 1. The number of para-hydroxylation sites is 1. The van der Waals surface area contributed by atoms with Gasteiger partial charge in [-0.05, 0) is 57.9 Å². The number of carbonyl (C=O) groups is 1. The van der Waals surface area contributed by atoms with Crippen molar-refractivity contribution in [1.29, 1.82) is 0 Å². The lowest BCUT2D eigenvalue weighted by Crippen LogP contribution is -2.18. The number of nitrogens with zero attached hydrogens (tertiary/aromatic N) is 2. The molecule has 0 aliphatic rings. The van der Waals surface area contributed by atoms with Crippen LogP contribution in [0, 0.1) is 0 Å². The predicted molar refractivity (Wildman–Crippen MR) is 137 cm³/mol. The van der Waals surface area contributed by atoms with Gasteiger partial charge >= 0.3 is 0 Å². The molecule has 33 heavy (non-hydrogen) atoms. The molecular weight excluding hydrogens is 550 g/mol. The molecule has 0 radical (unpaired) electrons. The molecule has 0 aliphatic carbocycles. The highest BCUT2D eigenvalue weighted by Crippen LogP contribution is 2.35. The molecule has 0 bridgehead atoms. The van der Waals surface area contributed by atoms with Gasteiger partial charge in [0.25, 0.3) is 5.91 Å². The van der Waals surface area contributed by atoms with Crippen molar-refractivity contribution in [3.05, 3.63) is 86.8 Å². The van der Waals surface area contributed by atoms with Gasteiger partial charge in [0.15, 0.2) is 11.5 Å². The lowest BCUT2D eigenvalue weighted by molar-refractivity contribution is 0.0956. The summed E-state index contributed by atoms with van der Waals surface area (Å²) in [4.78, 5) is 17.8. The van der Waals surface area contributed by atoms with E-state index in [1.165, 1.54) is 0 Å². The zero-order chi connectivity index (χ0) is 23.4. The highest BCUT2D eigenvalue weighted by molar-refractivity contribution is 9.10. The van der Waals surface area contributed by atoms with E-state index in [-0.39, 0.29) is 5.91 Å². The minimum Gasteiger partial charge on any atom is -0.493 e. The molecule has 0 saturated heterocycles. The highest BCUT2D eigenvalue weighted by Gasteiger charge is 2.14. The number of halogens is 2. The van der Waals surface area contributed by atoms with Crippen LogP contribution in [0.1, 0.15) is 15.9 Å². The van der Waals surface area contributed by atoms with Crippen molar-refractivity contribution in [2.75, 3.05) is 14.2 Å². The first-order valence-electron chi connectivity index (χ1n) is 9.91. The minimum atomic E-state index is -0.331. The number of hydrogen-bond donors (Lipinski definition) is 1. The van der Waals surface area contributed by atoms with Gasteiger partial charge in [-0.2, -0.15) is 5.10 Å². The minimum absolute atomic E-state index is 0.331. The van der Waals surface area contributed by atoms with Crippen molar-refractivity contribution in [2.24, 2.45) is 5.10 Å². The van der Waals surface area contributed by atoms with E-state index < -0.39 is 0 Å². The number of fused-ring (bicyclic) bond motifs is 1. The molecule has 0 spiro atoms. The molecule has 1 N–H and O–H groups in total. The molecule has 0 atom stereocenters. The standard InChI is InChI=1S/C25H19Br2N3O3/c1-32-23-12-15(11-20(27)24(23)33-2)14-28-30-25(31)19-13-22(16-7-9-17(26)10-8-16)29-21-6-4-3-5-18(19)21/h3-14H,1-2H3,(H,30,31). The molecule has 6 nitrogen and oxygen atoms in total. The topological polar surface area (TPSA) is 72.8 Å². The summed E-state index contributed by atoms with van der Waals surface area (Å²) in [6, 6.07) is 20.7. The number of rotatable bonds is 6. The number of aromatic nitrogens is 1. The molecule has 1 heterocycles. The van der Waals surface area contributed by atoms with Crippen molar-refractivity contribution in [2.45, 2.75) is 0 Å². The smallest absolute Gasteiger partial charge is 0.272 e. The molecule has 4 rings (SSSR count). The third-order valence-electron chi connectivity index (χ3n) is 4.94. The fraction of sp³-hybridized carbons (Fsp3) is 0.0800. The van der Waals surface area contributed by atoms with Crippen LogP contribution in [-0.4, -0.2) is 31.3 Å². The van der Waals surface area contributed by atoms with Crippen molar-refractivity contribution >= 4 is 54.9 Å². The lowest BCUT2D eigenvalue weighted by atomic mass is 10.0. The van der Waals surface area contributed by atoms with E-state index >= 15 is 0 Å². The van der Waals surface area contributed by atoms with E-state index in [2.05, 4.69) is 42.4 Å². The average molecular weight is 569 g/mol. The molecule has 0 fully saturated rings. The molecule has 166 valence electrons. The monoisotopic (exact) mass is 567 g/mol. The summed E-state index contributed by atoms with van der Waals surface area (Å²) in [5, 5.41) is 4.89. The molecule has 8 heteroatoms. The maximum absolute atomic E-state index is 13.1. The Kier molecular flexibility index (Phi) is 7.05. The molecule has 0 aliphatic heterocycles. The van der Waals surface area contributed by atoms with Gasteiger partial charge in [0.1, 0.15) is 0 Å². The SMILES string of the molecule is COc1cc(C=NNC(=O)c2cc(-c3ccc(Br)cc3)nc3ccccc23)cc(Br)c1OC. The number of hydrogen-bond acceptors (Lipinski definition) is 5. The van der Waals surface area contributed by atoms with E-state index in [4.69, 9.17) is 14.5 Å². The zero-order valence-corrected chi connectivity index (χ0v) is 21.0. The Morgan fingerprint density at radius 3 is 2.48 bits per heavy atom. The third kappa shape index (κ3) is 5.07. The van der Waals surface area contributed by atoms with Gasteiger partial charge in [-0.15, -0.1) is 0 Å². The maximum Gasteiger partial charge on any atom is 0.272 e. The second-order valence-electron chi connectivity index (χ2n) is 7.02. The van der Waals surface area contributed by atoms with E-state index in [0.29, 0.717) is 22.8 Å². The summed E-state index contributed by atoms with van der Waals surface area (Å²) in [5.74, 6) is 0.809. The van der Waals surface area contributed by atoms with Crippen LogP contribution < -0.4 is 14.9 Å². The molecule has 3 aromatic carbocycles. The van der Waals surface area contributed by atoms with Crippen LogP contribution >= 0.6 is 31.9 Å². The summed E-state index contributed by atoms with van der Waals surface area (Å²) in [6.45, 7) is 0. The maximum atomic E-state index is 13.1. The Hall–Kier alpha value is -3.23. The number of carbonyl (C=O) groups excluding carboxylic acids is 1. The van der Waals surface area contributed by atoms with Crippen LogP contribution in [0.4, 0.5) is 0 Å². The first-order valence-corrected chi connectivity index (χ1v) is 11.5. The van der Waals surface area contributed by atoms with Gasteiger partial charge in [-0.1, -0.05) is 46.3 Å². The predicted octanol–water partition coefficient (Wildman–Crippen LogP) is 6.21. The fourth-order valence-electron chi connectivity index (χ4n) is 3.37. The van der Waals surface area contributed by atoms with Crippen LogP contribution in [0.15, 0.2) is 80.8 Å². The number of benzene rings is 3. The number of pyridine rings is 1. The number of nitrogens with one attached hydrogen (secondary N) is 1. The Balaban J connectivity index is 1.64. The Bertz CT molecular complexity index is 1360. The summed E-state index contributed by atoms with van der Waals surface area (Å²) in [5.41, 5.74) is 6.20. The largest absolute Gasteiger partial charge is 0.493 e. The van der Waals surface area contributed by atoms with Crippen LogP contribution in [0.3, 0.4) is 0 Å². The van der Waals surface area contributed by atoms with Gasteiger partial charge in [-0.25, -0.2) is 10.4 Å². The van der Waals surface area contributed by atoms with Crippen LogP contribution in [0.2, 0.25) is 0 Å². The Morgan fingerprint density at radius 2 is 1.76 bits per heavy atom. The summed E-state index contributed by atoms with van der Waals surface area (Å²) < 4.78 is 12.4. The van der Waals surface area contributed by atoms with Crippen LogP contribution in [0.25, 0.3) is 22.2 Å². The first-order chi connectivity index (χ1) is 16.0. The lowest BCUT2D eigenvalue weighted by Gasteiger charge is -2.10. The normalized spacial score (nSPS) is 11.0. The summed E-state index contributed by atoms with van der Waals surface area (Å²) in [6.07, 6.45) is 1.55. The summed E-state index contributed by atoms with van der Waals surface area (Å²) in [7, 11) is 3.13. The van der Waals surface area contributed by atoms with Crippen LogP contribution in [-0.2, 0) is 0 Å². The zero-order valence-electron chi connectivity index (χ0n) is 17.8. The third-order valence-corrected chi connectivity index (χ3v) is 6.05. The first kappa shape index (κ1) is 22.9. The van der Waals surface area contributed by atoms with Gasteiger partial charge in [0, 0.05) is 15.4 Å². The van der Waals surface area contributed by atoms with Gasteiger partial charge in [0.2, 0.25) is 0 Å². The molecule has 4 aromatic rings. The van der Waals surface area contributed by atoms with Gasteiger partial charge in [-0.3, -0.25) is 4.79 Å². The number of methoxy groups -OCH3 is 2. The van der Waals surface area contributed by atoms with E-state index in [1.807, 2.05) is 54.6 Å². The van der Waals surface area contributed by atoms with Crippen molar-refractivity contribution in [1.82, 2.24) is 10.4 Å². The Morgan fingerprint density at radius 1 is 1.00 bits per heavy atom. The number of amides is 1. The molecule has 0 saturated carbocycles. The fourth-order valence-corrected chi connectivity index (χ4v) is 4.26. The van der Waals surface area contributed by atoms with Gasteiger partial charge in [0.05, 0.1) is 41.7 Å². The van der Waals surface area contributed by atoms with Crippen LogP contribution in [0.5, 0.6) is 11.5 Å². The quantitative estimate of drug-likeness (QED) is 0.222. The van der Waals surface area contributed by atoms with E-state index in [0.717, 1.165) is 31.0 Å². The second kappa shape index (κ2) is 10.1. The molecule has 1 amide bonds. The number of ether oxygens (including phenoxy) is 2. The van der Waals surface area contributed by atoms with E-state index in [1.54, 1.807) is 32.6 Å².